The van der Waals surface area contributed by atoms with Crippen LogP contribution in [0.3, 0.4) is 0 Å². The summed E-state index contributed by atoms with van der Waals surface area (Å²) < 4.78 is 80.6. The minimum absolute atomic E-state index is 0.0306. The third kappa shape index (κ3) is 4.17. The molecule has 29 heavy (non-hydrogen) atoms. The summed E-state index contributed by atoms with van der Waals surface area (Å²) in [5, 5.41) is 10.6. The lowest BCUT2D eigenvalue weighted by atomic mass is 9.84. The Kier molecular flexibility index (Phi) is 5.51. The number of fused-ring (bicyclic) bond motifs is 1. The van der Waals surface area contributed by atoms with E-state index in [1.165, 1.54) is 7.05 Å². The number of benzene rings is 2. The molecular weight excluding hydrogens is 396 g/mol. The SMILES string of the molecule is CN=C(CC(O)(c1cccc(C(F)(F)F)c1)C(F)(F)F)c1ccc2c(c1)CCC2. The van der Waals surface area contributed by atoms with Crippen molar-refractivity contribution >= 4 is 5.71 Å². The molecule has 1 atom stereocenters. The van der Waals surface area contributed by atoms with Crippen LogP contribution in [0, 0.1) is 0 Å². The van der Waals surface area contributed by atoms with E-state index in [0.29, 0.717) is 17.7 Å². The number of nitrogens with zero attached hydrogens (tertiary/aromatic N) is 1. The highest BCUT2D eigenvalue weighted by atomic mass is 19.4. The molecule has 2 aromatic rings. The maximum absolute atomic E-state index is 13.9. The van der Waals surface area contributed by atoms with E-state index in [4.69, 9.17) is 0 Å². The zero-order chi connectivity index (χ0) is 21.4. The first-order chi connectivity index (χ1) is 13.5. The highest BCUT2D eigenvalue weighted by Gasteiger charge is 2.56. The third-order valence-electron chi connectivity index (χ3n) is 5.26. The second kappa shape index (κ2) is 7.48. The van der Waals surface area contributed by atoms with E-state index < -0.39 is 35.5 Å². The Morgan fingerprint density at radius 3 is 2.21 bits per heavy atom. The van der Waals surface area contributed by atoms with E-state index in [1.807, 2.05) is 6.07 Å². The molecule has 1 aliphatic rings. The van der Waals surface area contributed by atoms with E-state index in [2.05, 4.69) is 4.99 Å². The summed E-state index contributed by atoms with van der Waals surface area (Å²) in [5.41, 5.74) is -3.12. The minimum atomic E-state index is -5.20. The molecule has 0 spiro atoms. The molecule has 0 heterocycles. The highest BCUT2D eigenvalue weighted by molar-refractivity contribution is 6.01. The van der Waals surface area contributed by atoms with Gasteiger partial charge < -0.3 is 5.11 Å². The van der Waals surface area contributed by atoms with Gasteiger partial charge in [0.2, 0.25) is 0 Å². The monoisotopic (exact) mass is 415 g/mol. The molecule has 0 aromatic heterocycles. The zero-order valence-electron chi connectivity index (χ0n) is 15.5. The molecule has 0 saturated carbocycles. The smallest absolute Gasteiger partial charge is 0.376 e. The third-order valence-corrected chi connectivity index (χ3v) is 5.26. The van der Waals surface area contributed by atoms with Crippen LogP contribution in [0.15, 0.2) is 47.5 Å². The first-order valence-electron chi connectivity index (χ1n) is 9.00. The average Bonchev–Trinajstić information content (AvgIpc) is 3.12. The van der Waals surface area contributed by atoms with Crippen LogP contribution in [-0.2, 0) is 24.6 Å². The number of halogens is 6. The van der Waals surface area contributed by atoms with Crippen LogP contribution in [0.25, 0.3) is 0 Å². The molecule has 3 rings (SSSR count). The largest absolute Gasteiger partial charge is 0.421 e. The summed E-state index contributed by atoms with van der Waals surface area (Å²) in [5.74, 6) is 0. The summed E-state index contributed by atoms with van der Waals surface area (Å²) in [6.45, 7) is 0. The predicted octanol–water partition coefficient (Wildman–Crippen LogP) is 5.45. The molecule has 0 fully saturated rings. The Hall–Kier alpha value is -2.35. The Balaban J connectivity index is 2.03. The Morgan fingerprint density at radius 2 is 1.59 bits per heavy atom. The predicted molar refractivity (Wildman–Crippen MR) is 96.9 cm³/mol. The first-order valence-corrected chi connectivity index (χ1v) is 9.00. The maximum Gasteiger partial charge on any atom is 0.421 e. The summed E-state index contributed by atoms with van der Waals surface area (Å²) in [6, 6.07) is 7.90. The molecule has 0 radical (unpaired) electrons. The maximum atomic E-state index is 13.9. The molecule has 1 aliphatic carbocycles. The number of alkyl halides is 6. The van der Waals surface area contributed by atoms with Gasteiger partial charge in [-0.1, -0.05) is 24.3 Å². The van der Waals surface area contributed by atoms with Crippen LogP contribution in [0.5, 0.6) is 0 Å². The highest BCUT2D eigenvalue weighted by Crippen LogP contribution is 2.44. The van der Waals surface area contributed by atoms with Crippen molar-refractivity contribution in [3.05, 3.63) is 70.3 Å². The number of aliphatic imine (C=N–C) groups is 1. The molecule has 0 aliphatic heterocycles. The van der Waals surface area contributed by atoms with Crippen molar-refractivity contribution in [3.8, 4) is 0 Å². The second-order valence-corrected chi connectivity index (χ2v) is 7.12. The van der Waals surface area contributed by atoms with Gasteiger partial charge in [-0.3, -0.25) is 4.99 Å². The van der Waals surface area contributed by atoms with Crippen molar-refractivity contribution in [3.63, 3.8) is 0 Å². The quantitative estimate of drug-likeness (QED) is 0.523. The molecule has 1 unspecified atom stereocenters. The Bertz CT molecular complexity index is 931. The van der Waals surface area contributed by atoms with Gasteiger partial charge in [0.05, 0.1) is 5.56 Å². The summed E-state index contributed by atoms with van der Waals surface area (Å²) in [4.78, 5) is 3.91. The van der Waals surface area contributed by atoms with Crippen molar-refractivity contribution in [2.45, 2.75) is 43.6 Å². The fourth-order valence-electron chi connectivity index (χ4n) is 3.62. The Morgan fingerprint density at radius 1 is 0.931 bits per heavy atom. The van der Waals surface area contributed by atoms with Gasteiger partial charge in [-0.2, -0.15) is 26.3 Å². The fourth-order valence-corrected chi connectivity index (χ4v) is 3.62. The van der Waals surface area contributed by atoms with Crippen LogP contribution in [0.4, 0.5) is 26.3 Å². The van der Waals surface area contributed by atoms with Crippen LogP contribution in [-0.4, -0.2) is 24.0 Å². The normalized spacial score (nSPS) is 17.2. The van der Waals surface area contributed by atoms with Gasteiger partial charge in [-0.15, -0.1) is 0 Å². The van der Waals surface area contributed by atoms with Gasteiger partial charge in [0, 0.05) is 19.2 Å². The minimum Gasteiger partial charge on any atom is -0.376 e. The number of hydrogen-bond donors (Lipinski definition) is 1. The summed E-state index contributed by atoms with van der Waals surface area (Å²) >= 11 is 0. The van der Waals surface area contributed by atoms with Crippen LogP contribution < -0.4 is 0 Å². The van der Waals surface area contributed by atoms with Crippen LogP contribution >= 0.6 is 0 Å². The number of aliphatic hydroxyl groups is 1. The molecule has 1 N–H and O–H groups in total. The van der Waals surface area contributed by atoms with Crippen LogP contribution in [0.2, 0.25) is 0 Å². The van der Waals surface area contributed by atoms with Gasteiger partial charge >= 0.3 is 12.4 Å². The molecule has 0 amide bonds. The number of rotatable bonds is 4. The molecule has 8 heteroatoms. The van der Waals surface area contributed by atoms with Crippen molar-refractivity contribution in [1.82, 2.24) is 0 Å². The molecule has 0 bridgehead atoms. The Labute approximate surface area is 163 Å². The lowest BCUT2D eigenvalue weighted by molar-refractivity contribution is -0.263. The van der Waals surface area contributed by atoms with Crippen molar-refractivity contribution < 1.29 is 31.4 Å². The van der Waals surface area contributed by atoms with E-state index in [0.717, 1.165) is 42.5 Å². The molecular formula is C21H19F6NO. The van der Waals surface area contributed by atoms with Gasteiger partial charge in [-0.05, 0) is 59.7 Å². The van der Waals surface area contributed by atoms with Crippen molar-refractivity contribution in [2.75, 3.05) is 7.05 Å². The average molecular weight is 415 g/mol. The molecule has 2 nitrogen and oxygen atoms in total. The van der Waals surface area contributed by atoms with Crippen LogP contribution in [0.1, 0.15) is 40.7 Å². The second-order valence-electron chi connectivity index (χ2n) is 7.12. The van der Waals surface area contributed by atoms with Gasteiger partial charge in [0.1, 0.15) is 0 Å². The first kappa shape index (κ1) is 21.4. The standard InChI is InChI=1S/C21H19F6NO/c1-28-18(15-9-8-13-4-2-5-14(13)10-15)12-19(29,21(25,26)27)16-6-3-7-17(11-16)20(22,23)24/h3,6-11,29H,2,4-5,12H2,1H3. The summed E-state index contributed by atoms with van der Waals surface area (Å²) in [6.07, 6.45) is -8.38. The number of aryl methyl sites for hydroxylation is 2. The molecule has 0 saturated heterocycles. The summed E-state index contributed by atoms with van der Waals surface area (Å²) in [7, 11) is 1.30. The van der Waals surface area contributed by atoms with Gasteiger partial charge in [0.15, 0.2) is 5.60 Å². The van der Waals surface area contributed by atoms with E-state index in [-0.39, 0.29) is 5.71 Å². The van der Waals surface area contributed by atoms with Crippen molar-refractivity contribution in [1.29, 1.82) is 0 Å². The zero-order valence-corrected chi connectivity index (χ0v) is 15.5. The lowest BCUT2D eigenvalue weighted by Gasteiger charge is -2.32. The topological polar surface area (TPSA) is 32.6 Å². The van der Waals surface area contributed by atoms with E-state index in [9.17, 15) is 31.4 Å². The van der Waals surface area contributed by atoms with Gasteiger partial charge in [-0.25, -0.2) is 0 Å². The van der Waals surface area contributed by atoms with Gasteiger partial charge in [0.25, 0.3) is 0 Å². The number of hydrogen-bond acceptors (Lipinski definition) is 2. The van der Waals surface area contributed by atoms with Crippen molar-refractivity contribution in [2.24, 2.45) is 4.99 Å². The van der Waals surface area contributed by atoms with E-state index in [1.54, 1.807) is 12.1 Å². The molecule has 156 valence electrons. The lowest BCUT2D eigenvalue weighted by Crippen LogP contribution is -2.44. The fraction of sp³-hybridized carbons (Fsp3) is 0.381. The van der Waals surface area contributed by atoms with E-state index >= 15 is 0 Å². The molecule has 2 aromatic carbocycles.